The maximum absolute atomic E-state index is 8.76. The lowest BCUT2D eigenvalue weighted by Gasteiger charge is -2.23. The third-order valence-electron chi connectivity index (χ3n) is 8.05. The molecule has 43 heavy (non-hydrogen) atoms. The van der Waals surface area contributed by atoms with Crippen molar-refractivity contribution in [3.63, 3.8) is 0 Å². The molecule has 1 N–H and O–H groups in total. The highest BCUT2D eigenvalue weighted by molar-refractivity contribution is 6.04. The summed E-state index contributed by atoms with van der Waals surface area (Å²) in [7, 11) is 0. The van der Waals surface area contributed by atoms with Gasteiger partial charge < -0.3 is 24.4 Å². The highest BCUT2D eigenvalue weighted by atomic mass is 16.5. The summed E-state index contributed by atoms with van der Waals surface area (Å²) in [5, 5.41) is 8.76. The minimum Gasteiger partial charge on any atom is -0.394 e. The second-order valence-electron chi connectivity index (χ2n) is 10.6. The molecule has 0 heterocycles. The Morgan fingerprint density at radius 3 is 1.56 bits per heavy atom. The van der Waals surface area contributed by atoms with Gasteiger partial charge in [-0.25, -0.2) is 4.58 Å². The van der Waals surface area contributed by atoms with E-state index in [2.05, 4.69) is 122 Å². The molecule has 0 aliphatic heterocycles. The van der Waals surface area contributed by atoms with Gasteiger partial charge in [-0.2, -0.15) is 0 Å². The lowest BCUT2D eigenvalue weighted by molar-refractivity contribution is -0.523. The molecule has 0 atom stereocenters. The van der Waals surface area contributed by atoms with E-state index in [1.165, 1.54) is 39.4 Å². The summed E-state index contributed by atoms with van der Waals surface area (Å²) < 4.78 is 13.3. The van der Waals surface area contributed by atoms with E-state index in [1.54, 1.807) is 0 Å². The lowest BCUT2D eigenvalue weighted by Crippen LogP contribution is -2.21. The van der Waals surface area contributed by atoms with Gasteiger partial charge in [-0.3, -0.25) is 0 Å². The van der Waals surface area contributed by atoms with Crippen molar-refractivity contribution >= 4 is 22.7 Å². The molecule has 2 aromatic rings. The quantitative estimate of drug-likeness (QED) is 0.148. The maximum atomic E-state index is 8.76. The summed E-state index contributed by atoms with van der Waals surface area (Å²) in [6, 6.07) is 18.1. The van der Waals surface area contributed by atoms with Gasteiger partial charge in [0.2, 0.25) is 0 Å². The van der Waals surface area contributed by atoms with Crippen molar-refractivity contribution in [2.24, 2.45) is 0 Å². The summed E-state index contributed by atoms with van der Waals surface area (Å²) >= 11 is 0. The van der Waals surface area contributed by atoms with Crippen LogP contribution < -0.4 is 9.80 Å². The Morgan fingerprint density at radius 2 is 1.12 bits per heavy atom. The first-order chi connectivity index (χ1) is 21.1. The molecule has 1 aliphatic rings. The van der Waals surface area contributed by atoms with Crippen LogP contribution in [-0.2, 0) is 9.47 Å². The van der Waals surface area contributed by atoms with Crippen LogP contribution in [0.1, 0.15) is 58.6 Å². The fraction of sp³-hybridized carbons (Fsp3) is 0.486. The first-order valence-electron chi connectivity index (χ1n) is 16.3. The summed E-state index contributed by atoms with van der Waals surface area (Å²) in [5.41, 5.74) is 8.72. The Hall–Kier alpha value is -3.19. The summed E-state index contributed by atoms with van der Waals surface area (Å²) in [6.45, 7) is 19.3. The molecule has 1 aliphatic carbocycles. The zero-order valence-electron chi connectivity index (χ0n) is 27.2. The first kappa shape index (κ1) is 34.3. The van der Waals surface area contributed by atoms with Gasteiger partial charge in [0.1, 0.15) is 13.1 Å². The van der Waals surface area contributed by atoms with E-state index >= 15 is 0 Å². The van der Waals surface area contributed by atoms with E-state index in [-0.39, 0.29) is 6.61 Å². The van der Waals surface area contributed by atoms with E-state index in [4.69, 9.17) is 14.6 Å². The monoisotopic (exact) mass is 588 g/mol. The van der Waals surface area contributed by atoms with Gasteiger partial charge in [-0.05, 0) is 99.7 Å². The fourth-order valence-corrected chi connectivity index (χ4v) is 5.56. The van der Waals surface area contributed by atoms with E-state index in [0.29, 0.717) is 19.8 Å². The fourth-order valence-electron chi connectivity index (χ4n) is 5.56. The Kier molecular flexibility index (Phi) is 15.3. The van der Waals surface area contributed by atoms with Crippen molar-refractivity contribution in [2.45, 2.75) is 47.5 Å². The van der Waals surface area contributed by atoms with Gasteiger partial charge in [0.05, 0.1) is 26.4 Å². The van der Waals surface area contributed by atoms with Crippen molar-refractivity contribution < 1.29 is 19.2 Å². The number of hydrogen-bond acceptors (Lipinski definition) is 5. The van der Waals surface area contributed by atoms with Gasteiger partial charge in [-0.1, -0.05) is 24.3 Å². The molecule has 0 saturated heterocycles. The Bertz CT molecular complexity index is 1130. The minimum absolute atomic E-state index is 0.0568. The van der Waals surface area contributed by atoms with Gasteiger partial charge in [0.25, 0.3) is 0 Å². The number of aliphatic hydroxyl groups is 1. The van der Waals surface area contributed by atoms with Crippen molar-refractivity contribution in [1.29, 1.82) is 0 Å². The van der Waals surface area contributed by atoms with Crippen molar-refractivity contribution in [3.05, 3.63) is 89.5 Å². The number of anilines is 2. The summed E-state index contributed by atoms with van der Waals surface area (Å²) in [4.78, 5) is 4.77. The number of hydrogen-bond donors (Lipinski definition) is 1. The molecule has 2 aromatic carbocycles. The largest absolute Gasteiger partial charge is 0.394 e. The third-order valence-corrected chi connectivity index (χ3v) is 8.05. The molecule has 0 amide bonds. The molecule has 6 heteroatoms. The number of aliphatic hydroxyl groups excluding tert-OH is 1. The van der Waals surface area contributed by atoms with Crippen LogP contribution in [0.25, 0.3) is 5.57 Å². The lowest BCUT2D eigenvalue weighted by atomic mass is 9.90. The molecule has 0 saturated carbocycles. The van der Waals surface area contributed by atoms with Crippen LogP contribution in [0.2, 0.25) is 0 Å². The first-order valence-corrected chi connectivity index (χ1v) is 16.3. The predicted octanol–water partition coefficient (Wildman–Crippen LogP) is 6.59. The molecule has 0 radical (unpaired) electrons. The van der Waals surface area contributed by atoms with Crippen LogP contribution in [-0.4, -0.2) is 87.7 Å². The van der Waals surface area contributed by atoms with Crippen molar-refractivity contribution in [2.75, 3.05) is 82.1 Å². The average molecular weight is 589 g/mol. The van der Waals surface area contributed by atoms with Crippen LogP contribution in [0, 0.1) is 0 Å². The number of benzene rings is 2. The summed E-state index contributed by atoms with van der Waals surface area (Å²) in [5.74, 6) is 0. The van der Waals surface area contributed by atoms with Gasteiger partial charge in [0.15, 0.2) is 5.71 Å². The van der Waals surface area contributed by atoms with Crippen molar-refractivity contribution in [3.8, 4) is 0 Å². The SMILES string of the molecule is CCN(CC)c1ccc(C(=C2C=CC(=[N+](CC)CCCCOCCOCCO)C=C2)c2ccc(N(CC)CC)cc2)cc1. The summed E-state index contributed by atoms with van der Waals surface area (Å²) in [6.07, 6.45) is 11.2. The smallest absolute Gasteiger partial charge is 0.199 e. The van der Waals surface area contributed by atoms with E-state index in [0.717, 1.165) is 58.7 Å². The van der Waals surface area contributed by atoms with Crippen LogP contribution in [0.15, 0.2) is 78.4 Å². The van der Waals surface area contributed by atoms with E-state index in [1.807, 2.05) is 0 Å². The van der Waals surface area contributed by atoms with Gasteiger partial charge in [-0.15, -0.1) is 0 Å². The topological polar surface area (TPSA) is 48.2 Å². The molecule has 0 unspecified atom stereocenters. The second kappa shape index (κ2) is 19.2. The standard InChI is InChI=1S/C37H54N3O3/c1-6-38(7-2)34-19-13-31(14-20-34)37(32-15-21-35(22-16-32)39(8-3)9-4)33-17-23-36(24-18-33)40(10-5)25-11-12-27-42-29-30-43-28-26-41/h13-24,41H,6-12,25-30H2,1-5H3/q+1. The minimum atomic E-state index is 0.0568. The molecule has 0 fully saturated rings. The van der Waals surface area contributed by atoms with E-state index in [9.17, 15) is 0 Å². The average Bonchev–Trinajstić information content (AvgIpc) is 3.05. The molecular formula is C37H54N3O3+. The van der Waals surface area contributed by atoms with E-state index < -0.39 is 0 Å². The number of nitrogens with zero attached hydrogens (tertiary/aromatic N) is 3. The molecule has 0 bridgehead atoms. The molecule has 0 aromatic heterocycles. The maximum Gasteiger partial charge on any atom is 0.199 e. The normalized spacial score (nSPS) is 12.6. The van der Waals surface area contributed by atoms with Gasteiger partial charge in [0, 0.05) is 62.7 Å². The third kappa shape index (κ3) is 10.2. The Balaban J connectivity index is 1.81. The van der Waals surface area contributed by atoms with Crippen LogP contribution in [0.3, 0.4) is 0 Å². The zero-order chi connectivity index (χ0) is 30.9. The highest BCUT2D eigenvalue weighted by Crippen LogP contribution is 2.32. The van der Waals surface area contributed by atoms with Crippen LogP contribution in [0.5, 0.6) is 0 Å². The number of ether oxygens (including phenoxy) is 2. The molecule has 0 spiro atoms. The zero-order valence-corrected chi connectivity index (χ0v) is 27.2. The Morgan fingerprint density at radius 1 is 0.628 bits per heavy atom. The molecular weight excluding hydrogens is 534 g/mol. The molecule has 3 rings (SSSR count). The molecule has 6 nitrogen and oxygen atoms in total. The van der Waals surface area contributed by atoms with Crippen LogP contribution >= 0.6 is 0 Å². The highest BCUT2D eigenvalue weighted by Gasteiger charge is 2.16. The van der Waals surface area contributed by atoms with Crippen molar-refractivity contribution in [1.82, 2.24) is 0 Å². The number of unbranched alkanes of at least 4 members (excludes halogenated alkanes) is 1. The second-order valence-corrected chi connectivity index (χ2v) is 10.6. The Labute approximate surface area is 260 Å². The van der Waals surface area contributed by atoms with Gasteiger partial charge >= 0.3 is 0 Å². The number of allylic oxidation sites excluding steroid dienone is 5. The predicted molar refractivity (Wildman–Crippen MR) is 183 cm³/mol. The number of rotatable bonds is 19. The molecule has 234 valence electrons. The van der Waals surface area contributed by atoms with Crippen LogP contribution in [0.4, 0.5) is 11.4 Å².